The van der Waals surface area contributed by atoms with Crippen LogP contribution in [0, 0.1) is 5.82 Å². The van der Waals surface area contributed by atoms with Crippen LogP contribution in [0.25, 0.3) is 11.3 Å². The first-order valence-electron chi connectivity index (χ1n) is 4.53. The molecule has 0 aliphatic heterocycles. The van der Waals surface area contributed by atoms with Gasteiger partial charge in [0.25, 0.3) is 6.43 Å². The molecule has 0 atom stereocenters. The summed E-state index contributed by atoms with van der Waals surface area (Å²) in [6.45, 7) is 0. The van der Waals surface area contributed by atoms with Crippen molar-refractivity contribution in [2.45, 2.75) is 6.43 Å². The molecule has 2 rings (SSSR count). The van der Waals surface area contributed by atoms with Gasteiger partial charge >= 0.3 is 0 Å². The van der Waals surface area contributed by atoms with Crippen molar-refractivity contribution in [3.05, 3.63) is 48.2 Å². The zero-order valence-corrected chi connectivity index (χ0v) is 8.07. The van der Waals surface area contributed by atoms with Gasteiger partial charge in [-0.25, -0.2) is 13.2 Å². The molecular formula is C11H7F3N2. The minimum Gasteiger partial charge on any atom is -0.256 e. The van der Waals surface area contributed by atoms with Crippen molar-refractivity contribution < 1.29 is 13.2 Å². The molecule has 0 aromatic carbocycles. The van der Waals surface area contributed by atoms with Crippen LogP contribution in [-0.4, -0.2) is 9.97 Å². The standard InChI is InChI=1S/C11H7F3N2/c12-8-2-4-15-9(6-8)7-1-3-16-10(5-7)11(13)14/h1-6,11H. The summed E-state index contributed by atoms with van der Waals surface area (Å²) in [5.74, 6) is -0.458. The van der Waals surface area contributed by atoms with Gasteiger partial charge in [-0.15, -0.1) is 0 Å². The maximum absolute atomic E-state index is 12.9. The number of hydrogen-bond acceptors (Lipinski definition) is 2. The molecule has 2 aromatic heterocycles. The maximum Gasteiger partial charge on any atom is 0.280 e. The Bertz CT molecular complexity index is 500. The molecule has 2 nitrogen and oxygen atoms in total. The largest absolute Gasteiger partial charge is 0.280 e. The summed E-state index contributed by atoms with van der Waals surface area (Å²) in [6, 6.07) is 5.09. The predicted octanol–water partition coefficient (Wildman–Crippen LogP) is 3.22. The fourth-order valence-corrected chi connectivity index (χ4v) is 1.29. The lowest BCUT2D eigenvalue weighted by molar-refractivity contribution is 0.146. The van der Waals surface area contributed by atoms with Gasteiger partial charge in [-0.1, -0.05) is 0 Å². The molecule has 0 N–H and O–H groups in total. The van der Waals surface area contributed by atoms with E-state index in [0.29, 0.717) is 11.3 Å². The van der Waals surface area contributed by atoms with E-state index in [-0.39, 0.29) is 5.69 Å². The fraction of sp³-hybridized carbons (Fsp3) is 0.0909. The van der Waals surface area contributed by atoms with Gasteiger partial charge in [0.1, 0.15) is 11.5 Å². The lowest BCUT2D eigenvalue weighted by atomic mass is 10.1. The highest BCUT2D eigenvalue weighted by Crippen LogP contribution is 2.22. The van der Waals surface area contributed by atoms with Gasteiger partial charge < -0.3 is 0 Å². The minimum absolute atomic E-state index is 0.310. The second kappa shape index (κ2) is 4.30. The molecule has 0 saturated carbocycles. The van der Waals surface area contributed by atoms with Gasteiger partial charge in [-0.3, -0.25) is 9.97 Å². The molecule has 0 aliphatic carbocycles. The monoisotopic (exact) mass is 224 g/mol. The van der Waals surface area contributed by atoms with Crippen LogP contribution >= 0.6 is 0 Å². The van der Waals surface area contributed by atoms with E-state index in [9.17, 15) is 13.2 Å². The van der Waals surface area contributed by atoms with E-state index >= 15 is 0 Å². The number of alkyl halides is 2. The van der Waals surface area contributed by atoms with Gasteiger partial charge in [0.15, 0.2) is 0 Å². The molecular weight excluding hydrogens is 217 g/mol. The van der Waals surface area contributed by atoms with Gasteiger partial charge in [-0.2, -0.15) is 0 Å². The van der Waals surface area contributed by atoms with Gasteiger partial charge in [0.05, 0.1) is 5.69 Å². The van der Waals surface area contributed by atoms with E-state index in [1.165, 1.54) is 36.7 Å². The van der Waals surface area contributed by atoms with Crippen LogP contribution in [0.4, 0.5) is 13.2 Å². The summed E-state index contributed by atoms with van der Waals surface area (Å²) >= 11 is 0. The average Bonchev–Trinajstić information content (AvgIpc) is 2.29. The van der Waals surface area contributed by atoms with Gasteiger partial charge in [-0.05, 0) is 18.2 Å². The predicted molar refractivity (Wildman–Crippen MR) is 52.4 cm³/mol. The van der Waals surface area contributed by atoms with Gasteiger partial charge in [0.2, 0.25) is 0 Å². The van der Waals surface area contributed by atoms with Crippen LogP contribution in [0.2, 0.25) is 0 Å². The lowest BCUT2D eigenvalue weighted by Crippen LogP contribution is -1.91. The first kappa shape index (κ1) is 10.6. The molecule has 0 radical (unpaired) electrons. The quantitative estimate of drug-likeness (QED) is 0.782. The second-order valence-electron chi connectivity index (χ2n) is 3.13. The number of nitrogens with zero attached hydrogens (tertiary/aromatic N) is 2. The summed E-state index contributed by atoms with van der Waals surface area (Å²) in [5.41, 5.74) is 0.387. The number of pyridine rings is 2. The Morgan fingerprint density at radius 3 is 2.44 bits per heavy atom. The Balaban J connectivity index is 2.44. The zero-order chi connectivity index (χ0) is 11.5. The third kappa shape index (κ3) is 2.18. The molecule has 0 bridgehead atoms. The Labute approximate surface area is 89.8 Å². The second-order valence-corrected chi connectivity index (χ2v) is 3.13. The molecule has 0 amide bonds. The Morgan fingerprint density at radius 2 is 1.75 bits per heavy atom. The van der Waals surface area contributed by atoms with E-state index in [1.54, 1.807) is 0 Å². The number of halogens is 3. The van der Waals surface area contributed by atoms with Crippen molar-refractivity contribution in [3.8, 4) is 11.3 Å². The van der Waals surface area contributed by atoms with E-state index in [2.05, 4.69) is 9.97 Å². The van der Waals surface area contributed by atoms with Crippen molar-refractivity contribution in [2.75, 3.05) is 0 Å². The van der Waals surface area contributed by atoms with Crippen molar-refractivity contribution in [2.24, 2.45) is 0 Å². The third-order valence-electron chi connectivity index (χ3n) is 2.02. The molecule has 16 heavy (non-hydrogen) atoms. The highest BCUT2D eigenvalue weighted by atomic mass is 19.3. The number of hydrogen-bond donors (Lipinski definition) is 0. The summed E-state index contributed by atoms with van der Waals surface area (Å²) in [7, 11) is 0. The van der Waals surface area contributed by atoms with Crippen LogP contribution in [0.15, 0.2) is 36.7 Å². The zero-order valence-electron chi connectivity index (χ0n) is 8.07. The highest BCUT2D eigenvalue weighted by Gasteiger charge is 2.10. The Kier molecular flexibility index (Phi) is 2.85. The van der Waals surface area contributed by atoms with E-state index in [0.717, 1.165) is 0 Å². The van der Waals surface area contributed by atoms with Gasteiger partial charge in [0, 0.05) is 24.0 Å². The van der Waals surface area contributed by atoms with Crippen molar-refractivity contribution in [3.63, 3.8) is 0 Å². The third-order valence-corrected chi connectivity index (χ3v) is 2.02. The highest BCUT2D eigenvalue weighted by molar-refractivity contribution is 5.58. The normalized spacial score (nSPS) is 10.8. The van der Waals surface area contributed by atoms with Crippen molar-refractivity contribution >= 4 is 0 Å². The summed E-state index contributed by atoms with van der Waals surface area (Å²) < 4.78 is 37.7. The summed E-state index contributed by atoms with van der Waals surface area (Å²) in [4.78, 5) is 7.41. The molecule has 82 valence electrons. The SMILES string of the molecule is Fc1ccnc(-c2ccnc(C(F)F)c2)c1. The maximum atomic E-state index is 12.9. The van der Waals surface area contributed by atoms with E-state index in [4.69, 9.17) is 0 Å². The molecule has 0 spiro atoms. The Morgan fingerprint density at radius 1 is 1.00 bits per heavy atom. The van der Waals surface area contributed by atoms with Crippen LogP contribution < -0.4 is 0 Å². The molecule has 0 fully saturated rings. The molecule has 0 unspecified atom stereocenters. The van der Waals surface area contributed by atoms with Crippen LogP contribution in [0.3, 0.4) is 0 Å². The number of rotatable bonds is 2. The summed E-state index contributed by atoms with van der Waals surface area (Å²) in [6.07, 6.45) is -0.107. The molecule has 5 heteroatoms. The van der Waals surface area contributed by atoms with E-state index in [1.807, 2.05) is 0 Å². The lowest BCUT2D eigenvalue weighted by Gasteiger charge is -2.03. The van der Waals surface area contributed by atoms with E-state index < -0.39 is 12.2 Å². The molecule has 0 saturated heterocycles. The molecule has 2 aromatic rings. The Hall–Kier alpha value is -1.91. The summed E-state index contributed by atoms with van der Waals surface area (Å²) in [5, 5.41) is 0. The minimum atomic E-state index is -2.64. The first-order valence-corrected chi connectivity index (χ1v) is 4.53. The first-order chi connectivity index (χ1) is 7.66. The van der Waals surface area contributed by atoms with Crippen molar-refractivity contribution in [1.29, 1.82) is 0 Å². The fourth-order valence-electron chi connectivity index (χ4n) is 1.29. The van der Waals surface area contributed by atoms with Crippen LogP contribution in [-0.2, 0) is 0 Å². The topological polar surface area (TPSA) is 25.8 Å². The van der Waals surface area contributed by atoms with Crippen LogP contribution in [0.5, 0.6) is 0 Å². The number of aromatic nitrogens is 2. The van der Waals surface area contributed by atoms with Crippen molar-refractivity contribution in [1.82, 2.24) is 9.97 Å². The van der Waals surface area contributed by atoms with Crippen LogP contribution in [0.1, 0.15) is 12.1 Å². The molecule has 0 aliphatic rings. The smallest absolute Gasteiger partial charge is 0.256 e. The molecule has 2 heterocycles. The average molecular weight is 224 g/mol.